The summed E-state index contributed by atoms with van der Waals surface area (Å²) in [6, 6.07) is 22.3. The van der Waals surface area contributed by atoms with Gasteiger partial charge >= 0.3 is 17.9 Å². The van der Waals surface area contributed by atoms with Crippen LogP contribution in [0.3, 0.4) is 0 Å². The average molecular weight is 830 g/mol. The van der Waals surface area contributed by atoms with Gasteiger partial charge < -0.3 is 41.1 Å². The summed E-state index contributed by atoms with van der Waals surface area (Å²) in [6.07, 6.45) is -1.14. The zero-order chi connectivity index (χ0) is 42.3. The first-order valence-corrected chi connectivity index (χ1v) is 19.8. The lowest BCUT2D eigenvalue weighted by Crippen LogP contribution is -2.53. The Balaban J connectivity index is 1.23. The number of aliphatic carboxylic acids is 3. The molecule has 1 atom stereocenters. The highest BCUT2D eigenvalue weighted by Crippen LogP contribution is 2.26. The SMILES string of the molecule is O=C(O)CN1CCN(CC(=O)O)CCN(CC(=O)O)C(Cc2ccc(NC(=S)NCCC(=O)N3Cc4ccccc4C#Cc4ccccc43)cc2)CN(CC(O)O)CC1. The quantitative estimate of drug-likeness (QED) is 0.0687. The molecular formula is C42H51N7O9S. The summed E-state index contributed by atoms with van der Waals surface area (Å²) in [5, 5.41) is 55.4. The van der Waals surface area contributed by atoms with E-state index in [4.69, 9.17) is 12.2 Å². The molecule has 0 radical (unpaired) electrons. The molecule has 1 amide bonds. The lowest BCUT2D eigenvalue weighted by Gasteiger charge is -2.38. The number of aliphatic hydroxyl groups is 2. The minimum Gasteiger partial charge on any atom is -0.480 e. The normalized spacial score (nSPS) is 17.1. The molecule has 2 aliphatic rings. The molecule has 314 valence electrons. The fourth-order valence-corrected chi connectivity index (χ4v) is 7.43. The Morgan fingerprint density at radius 2 is 1.31 bits per heavy atom. The van der Waals surface area contributed by atoms with Crippen LogP contribution < -0.4 is 15.5 Å². The number of thiocarbonyl (C=S) groups is 1. The van der Waals surface area contributed by atoms with E-state index in [1.54, 1.807) is 24.5 Å². The van der Waals surface area contributed by atoms with Gasteiger partial charge in [-0.1, -0.05) is 54.3 Å². The lowest BCUT2D eigenvalue weighted by molar-refractivity contribution is -0.141. The number of β-amino-alcohol motifs (C(OH)–C–C–N with tert-alkyl or cyclic N) is 2. The zero-order valence-electron chi connectivity index (χ0n) is 32.7. The fraction of sp³-hybridized carbons (Fsp3) is 0.405. The van der Waals surface area contributed by atoms with Gasteiger partial charge in [0.2, 0.25) is 5.91 Å². The van der Waals surface area contributed by atoms with E-state index in [0.29, 0.717) is 23.8 Å². The number of hydrogen-bond donors (Lipinski definition) is 7. The number of carbonyl (C=O) groups excluding carboxylic acids is 1. The maximum atomic E-state index is 13.6. The topological polar surface area (TPSA) is 210 Å². The predicted molar refractivity (Wildman–Crippen MR) is 225 cm³/mol. The predicted octanol–water partition coefficient (Wildman–Crippen LogP) is 1.01. The van der Waals surface area contributed by atoms with Gasteiger partial charge in [-0.05, 0) is 60.1 Å². The van der Waals surface area contributed by atoms with Gasteiger partial charge in [-0.3, -0.25) is 38.8 Å². The summed E-state index contributed by atoms with van der Waals surface area (Å²) >= 11 is 5.55. The van der Waals surface area contributed by atoms with Crippen LogP contribution in [0.5, 0.6) is 0 Å². The summed E-state index contributed by atoms with van der Waals surface area (Å²) in [5.74, 6) is 3.18. The van der Waals surface area contributed by atoms with Crippen LogP contribution in [0.1, 0.15) is 28.7 Å². The molecule has 2 heterocycles. The van der Waals surface area contributed by atoms with Crippen molar-refractivity contribution in [2.45, 2.75) is 31.7 Å². The Morgan fingerprint density at radius 3 is 1.95 bits per heavy atom. The molecule has 1 unspecified atom stereocenters. The molecule has 0 saturated carbocycles. The maximum Gasteiger partial charge on any atom is 0.317 e. The van der Waals surface area contributed by atoms with Crippen molar-refractivity contribution >= 4 is 52.5 Å². The summed E-state index contributed by atoms with van der Waals surface area (Å²) in [6.45, 7) is 1.28. The number of carboxylic acid groups (broad SMARTS) is 3. The molecule has 5 rings (SSSR count). The minimum absolute atomic E-state index is 0.0847. The third kappa shape index (κ3) is 14.4. The number of benzene rings is 3. The second-order valence-electron chi connectivity index (χ2n) is 14.5. The van der Waals surface area contributed by atoms with Gasteiger partial charge in [-0.2, -0.15) is 0 Å². The van der Waals surface area contributed by atoms with Gasteiger partial charge in [-0.25, -0.2) is 0 Å². The van der Waals surface area contributed by atoms with Crippen LogP contribution >= 0.6 is 12.2 Å². The molecule has 0 aliphatic carbocycles. The van der Waals surface area contributed by atoms with E-state index in [1.165, 1.54) is 0 Å². The van der Waals surface area contributed by atoms with Crippen molar-refractivity contribution in [2.75, 3.05) is 88.8 Å². The van der Waals surface area contributed by atoms with Crippen molar-refractivity contribution in [3.8, 4) is 11.8 Å². The molecule has 16 nitrogen and oxygen atoms in total. The largest absolute Gasteiger partial charge is 0.480 e. The van der Waals surface area contributed by atoms with Crippen molar-refractivity contribution in [3.63, 3.8) is 0 Å². The summed E-state index contributed by atoms with van der Waals surface area (Å²) in [5.41, 5.74) is 4.91. The molecule has 0 spiro atoms. The highest BCUT2D eigenvalue weighted by Gasteiger charge is 2.28. The molecular weight excluding hydrogens is 779 g/mol. The Kier molecular flexibility index (Phi) is 16.7. The second kappa shape index (κ2) is 22.1. The molecule has 2 aliphatic heterocycles. The van der Waals surface area contributed by atoms with Crippen LogP contribution in [0.2, 0.25) is 0 Å². The van der Waals surface area contributed by atoms with E-state index in [9.17, 15) is 44.7 Å². The number of fused-ring (bicyclic) bond motifs is 2. The molecule has 59 heavy (non-hydrogen) atoms. The molecule has 3 aromatic rings. The third-order valence-electron chi connectivity index (χ3n) is 10.1. The monoisotopic (exact) mass is 829 g/mol. The van der Waals surface area contributed by atoms with Crippen LogP contribution in [0, 0.1) is 11.8 Å². The number of anilines is 2. The highest BCUT2D eigenvalue weighted by atomic mass is 32.1. The summed E-state index contributed by atoms with van der Waals surface area (Å²) in [7, 11) is 0. The van der Waals surface area contributed by atoms with Gasteiger partial charge in [0.1, 0.15) is 0 Å². The number of nitrogens with one attached hydrogen (secondary N) is 2. The number of rotatable bonds is 14. The fourth-order valence-electron chi connectivity index (χ4n) is 7.21. The zero-order valence-corrected chi connectivity index (χ0v) is 33.5. The van der Waals surface area contributed by atoms with Crippen molar-refractivity contribution in [3.05, 3.63) is 95.1 Å². The molecule has 1 saturated heterocycles. The van der Waals surface area contributed by atoms with Crippen LogP contribution in [-0.2, 0) is 32.1 Å². The van der Waals surface area contributed by atoms with Crippen molar-refractivity contribution in [2.24, 2.45) is 0 Å². The van der Waals surface area contributed by atoms with Crippen LogP contribution in [0.25, 0.3) is 0 Å². The standard InChI is InChI=1S/C42H51N7O9S/c50-37(49-24-33-7-2-1-5-31(33)11-12-32-6-3-4-8-36(32)49)15-16-43-42(59)44-34-13-9-30(10-14-34)23-35-25-47(28-40(55)56)20-19-45(26-38(51)52)17-18-46(27-39(53)54)21-22-48(35)29-41(57)58/h1-10,13-14,35,40,55-56H,15-29H2,(H,51,52)(H,53,54)(H,57,58)(H2,43,44,59). The van der Waals surface area contributed by atoms with Crippen molar-refractivity contribution in [1.29, 1.82) is 0 Å². The van der Waals surface area contributed by atoms with Gasteiger partial charge in [0, 0.05) is 88.2 Å². The summed E-state index contributed by atoms with van der Waals surface area (Å²) in [4.78, 5) is 57.7. The Bertz CT molecular complexity index is 2010. The molecule has 0 aromatic heterocycles. The van der Waals surface area contributed by atoms with Crippen molar-refractivity contribution in [1.82, 2.24) is 24.9 Å². The first kappa shape index (κ1) is 44.6. The van der Waals surface area contributed by atoms with E-state index < -0.39 is 30.2 Å². The number of hydrogen-bond acceptors (Lipinski definition) is 11. The maximum absolute atomic E-state index is 13.6. The molecule has 0 bridgehead atoms. The second-order valence-corrected chi connectivity index (χ2v) is 14.9. The third-order valence-corrected chi connectivity index (χ3v) is 10.4. The van der Waals surface area contributed by atoms with Gasteiger partial charge in [0.25, 0.3) is 0 Å². The van der Waals surface area contributed by atoms with E-state index in [-0.39, 0.29) is 90.9 Å². The van der Waals surface area contributed by atoms with Gasteiger partial charge in [0.15, 0.2) is 11.4 Å². The van der Waals surface area contributed by atoms with Crippen LogP contribution in [0.4, 0.5) is 11.4 Å². The smallest absolute Gasteiger partial charge is 0.317 e. The van der Waals surface area contributed by atoms with E-state index in [1.807, 2.05) is 72.8 Å². The Labute approximate surface area is 348 Å². The lowest BCUT2D eigenvalue weighted by atomic mass is 10.0. The van der Waals surface area contributed by atoms with Gasteiger partial charge in [-0.15, -0.1) is 0 Å². The van der Waals surface area contributed by atoms with Crippen LogP contribution in [-0.4, -0.2) is 165 Å². The van der Waals surface area contributed by atoms with E-state index >= 15 is 0 Å². The molecule has 7 N–H and O–H groups in total. The summed E-state index contributed by atoms with van der Waals surface area (Å²) < 4.78 is 0. The number of aliphatic hydroxyl groups excluding tert-OH is 1. The minimum atomic E-state index is -1.68. The number of carboxylic acids is 3. The van der Waals surface area contributed by atoms with E-state index in [2.05, 4.69) is 22.5 Å². The number of carbonyl (C=O) groups is 4. The Hall–Kier alpha value is -5.45. The van der Waals surface area contributed by atoms with E-state index in [0.717, 1.165) is 27.9 Å². The number of nitrogens with zero attached hydrogens (tertiary/aromatic N) is 5. The highest BCUT2D eigenvalue weighted by molar-refractivity contribution is 7.80. The van der Waals surface area contributed by atoms with Crippen LogP contribution in [0.15, 0.2) is 72.8 Å². The number of amides is 1. The molecule has 1 fully saturated rings. The average Bonchev–Trinajstić information content (AvgIpc) is 3.17. The Morgan fingerprint density at radius 1 is 0.729 bits per heavy atom. The number of para-hydroxylation sites is 1. The van der Waals surface area contributed by atoms with Gasteiger partial charge in [0.05, 0.1) is 31.9 Å². The first-order valence-electron chi connectivity index (χ1n) is 19.4. The molecule has 17 heteroatoms. The first-order chi connectivity index (χ1) is 28.3. The molecule has 3 aromatic carbocycles. The van der Waals surface area contributed by atoms with Crippen molar-refractivity contribution < 1.29 is 44.7 Å².